The van der Waals surface area contributed by atoms with Gasteiger partial charge in [0.1, 0.15) is 0 Å². The van der Waals surface area contributed by atoms with Crippen LogP contribution in [-0.2, 0) is 10.2 Å². The summed E-state index contributed by atoms with van der Waals surface area (Å²) in [5.74, 6) is 0.180. The van der Waals surface area contributed by atoms with Crippen molar-refractivity contribution in [1.29, 1.82) is 0 Å². The van der Waals surface area contributed by atoms with E-state index in [1.165, 1.54) is 0 Å². The predicted octanol–water partition coefficient (Wildman–Crippen LogP) is 2.60. The molecular formula is C15H21BrN2O. The first-order chi connectivity index (χ1) is 9.19. The summed E-state index contributed by atoms with van der Waals surface area (Å²) < 4.78 is 1.05. The van der Waals surface area contributed by atoms with Crippen LogP contribution in [0.2, 0.25) is 0 Å². The maximum atomic E-state index is 12.4. The van der Waals surface area contributed by atoms with Gasteiger partial charge in [-0.15, -0.1) is 0 Å². The van der Waals surface area contributed by atoms with Gasteiger partial charge in [-0.05, 0) is 37.1 Å². The first kappa shape index (κ1) is 14.5. The fourth-order valence-corrected chi connectivity index (χ4v) is 2.82. The third-order valence-corrected chi connectivity index (χ3v) is 4.40. The molecule has 1 aliphatic carbocycles. The van der Waals surface area contributed by atoms with E-state index < -0.39 is 0 Å². The van der Waals surface area contributed by atoms with Gasteiger partial charge in [-0.1, -0.05) is 41.4 Å². The van der Waals surface area contributed by atoms with Crippen LogP contribution in [0, 0.1) is 0 Å². The molecule has 0 aromatic heterocycles. The first-order valence-electron chi connectivity index (χ1n) is 6.94. The van der Waals surface area contributed by atoms with Crippen LogP contribution in [0.5, 0.6) is 0 Å². The van der Waals surface area contributed by atoms with Crippen molar-refractivity contribution in [2.24, 2.45) is 0 Å². The highest BCUT2D eigenvalue weighted by molar-refractivity contribution is 9.10. The highest BCUT2D eigenvalue weighted by atomic mass is 79.9. The smallest absolute Gasteiger partial charge is 0.230 e. The minimum Gasteiger partial charge on any atom is -0.354 e. The van der Waals surface area contributed by atoms with Crippen LogP contribution < -0.4 is 10.6 Å². The zero-order chi connectivity index (χ0) is 13.7. The van der Waals surface area contributed by atoms with Crippen molar-refractivity contribution in [3.8, 4) is 0 Å². The molecule has 0 atom stereocenters. The second-order valence-corrected chi connectivity index (χ2v) is 5.97. The summed E-state index contributed by atoms with van der Waals surface area (Å²) in [6, 6.07) is 8.16. The Morgan fingerprint density at radius 1 is 1.26 bits per heavy atom. The van der Waals surface area contributed by atoms with Crippen LogP contribution in [0.15, 0.2) is 28.7 Å². The third kappa shape index (κ3) is 3.18. The summed E-state index contributed by atoms with van der Waals surface area (Å²) in [7, 11) is 0. The molecule has 0 unspecified atom stereocenters. The molecule has 1 saturated carbocycles. The zero-order valence-electron chi connectivity index (χ0n) is 11.3. The summed E-state index contributed by atoms with van der Waals surface area (Å²) >= 11 is 3.44. The fourth-order valence-electron chi connectivity index (χ4n) is 2.56. The molecule has 104 valence electrons. The average molecular weight is 325 g/mol. The summed E-state index contributed by atoms with van der Waals surface area (Å²) in [4.78, 5) is 12.4. The molecule has 0 heterocycles. The van der Waals surface area contributed by atoms with Crippen LogP contribution in [0.25, 0.3) is 0 Å². The van der Waals surface area contributed by atoms with E-state index in [4.69, 9.17) is 0 Å². The van der Waals surface area contributed by atoms with Crippen molar-refractivity contribution in [3.05, 3.63) is 34.3 Å². The van der Waals surface area contributed by atoms with E-state index in [9.17, 15) is 4.79 Å². The SMILES string of the molecule is CCNCCNC(=O)C1(c2ccc(Br)cc2)CCC1. The van der Waals surface area contributed by atoms with Gasteiger partial charge in [0.2, 0.25) is 5.91 Å². The number of halogens is 1. The lowest BCUT2D eigenvalue weighted by molar-refractivity contribution is -0.129. The Balaban J connectivity index is 2.01. The van der Waals surface area contributed by atoms with Gasteiger partial charge in [-0.2, -0.15) is 0 Å². The molecule has 1 amide bonds. The largest absolute Gasteiger partial charge is 0.354 e. The maximum absolute atomic E-state index is 12.4. The van der Waals surface area contributed by atoms with Crippen LogP contribution in [0.1, 0.15) is 31.7 Å². The highest BCUT2D eigenvalue weighted by Crippen LogP contribution is 2.44. The van der Waals surface area contributed by atoms with Crippen molar-refractivity contribution in [2.75, 3.05) is 19.6 Å². The predicted molar refractivity (Wildman–Crippen MR) is 81.2 cm³/mol. The van der Waals surface area contributed by atoms with E-state index in [1.54, 1.807) is 0 Å². The first-order valence-corrected chi connectivity index (χ1v) is 7.73. The van der Waals surface area contributed by atoms with Gasteiger partial charge < -0.3 is 10.6 Å². The Kier molecular flexibility index (Phi) is 4.99. The monoisotopic (exact) mass is 324 g/mol. The lowest BCUT2D eigenvalue weighted by atomic mass is 9.64. The molecule has 0 spiro atoms. The van der Waals surface area contributed by atoms with E-state index in [2.05, 4.69) is 45.6 Å². The molecular weight excluding hydrogens is 304 g/mol. The summed E-state index contributed by atoms with van der Waals surface area (Å²) in [6.45, 7) is 4.54. The number of rotatable bonds is 6. The minimum atomic E-state index is -0.285. The molecule has 1 aliphatic rings. The standard InChI is InChI=1S/C15H21BrN2O/c1-2-17-10-11-18-14(19)15(8-3-9-15)12-4-6-13(16)7-5-12/h4-7,17H,2-3,8-11H2,1H3,(H,18,19). The Morgan fingerprint density at radius 3 is 2.47 bits per heavy atom. The van der Waals surface area contributed by atoms with Gasteiger partial charge in [-0.25, -0.2) is 0 Å². The van der Waals surface area contributed by atoms with Crippen LogP contribution >= 0.6 is 15.9 Å². The summed E-state index contributed by atoms with van der Waals surface area (Å²) in [5.41, 5.74) is 0.857. The minimum absolute atomic E-state index is 0.180. The molecule has 4 heteroatoms. The highest BCUT2D eigenvalue weighted by Gasteiger charge is 2.45. The Bertz CT molecular complexity index is 426. The second kappa shape index (κ2) is 6.53. The number of hydrogen-bond acceptors (Lipinski definition) is 2. The van der Waals surface area contributed by atoms with Crippen LogP contribution in [0.4, 0.5) is 0 Å². The quantitative estimate of drug-likeness (QED) is 0.790. The molecule has 2 rings (SSSR count). The average Bonchev–Trinajstić information content (AvgIpc) is 2.36. The van der Waals surface area contributed by atoms with Crippen molar-refractivity contribution < 1.29 is 4.79 Å². The van der Waals surface area contributed by atoms with Gasteiger partial charge in [0, 0.05) is 17.6 Å². The van der Waals surface area contributed by atoms with Crippen molar-refractivity contribution in [1.82, 2.24) is 10.6 Å². The van der Waals surface area contributed by atoms with E-state index in [0.717, 1.165) is 42.4 Å². The van der Waals surface area contributed by atoms with Crippen molar-refractivity contribution in [2.45, 2.75) is 31.6 Å². The molecule has 0 radical (unpaired) electrons. The summed E-state index contributed by atoms with van der Waals surface area (Å²) in [5, 5.41) is 6.28. The molecule has 19 heavy (non-hydrogen) atoms. The molecule has 0 saturated heterocycles. The van der Waals surface area contributed by atoms with E-state index in [1.807, 2.05) is 12.1 Å². The number of hydrogen-bond donors (Lipinski definition) is 2. The Labute approximate surface area is 123 Å². The van der Waals surface area contributed by atoms with E-state index in [0.29, 0.717) is 6.54 Å². The Morgan fingerprint density at radius 2 is 1.95 bits per heavy atom. The van der Waals surface area contributed by atoms with Gasteiger partial charge in [-0.3, -0.25) is 4.79 Å². The normalized spacial score (nSPS) is 16.7. The number of nitrogens with one attached hydrogen (secondary N) is 2. The number of carbonyl (C=O) groups is 1. The topological polar surface area (TPSA) is 41.1 Å². The molecule has 0 bridgehead atoms. The van der Waals surface area contributed by atoms with E-state index in [-0.39, 0.29) is 11.3 Å². The second-order valence-electron chi connectivity index (χ2n) is 5.05. The fraction of sp³-hybridized carbons (Fsp3) is 0.533. The molecule has 1 fully saturated rings. The van der Waals surface area contributed by atoms with Crippen molar-refractivity contribution >= 4 is 21.8 Å². The van der Waals surface area contributed by atoms with Gasteiger partial charge in [0.05, 0.1) is 5.41 Å². The lowest BCUT2D eigenvalue weighted by Gasteiger charge is -2.40. The Hall–Kier alpha value is -0.870. The zero-order valence-corrected chi connectivity index (χ0v) is 12.9. The third-order valence-electron chi connectivity index (χ3n) is 3.88. The lowest BCUT2D eigenvalue weighted by Crippen LogP contribution is -2.50. The van der Waals surface area contributed by atoms with Gasteiger partial charge >= 0.3 is 0 Å². The number of carbonyl (C=O) groups excluding carboxylic acids is 1. The maximum Gasteiger partial charge on any atom is 0.230 e. The molecule has 1 aromatic carbocycles. The number of amides is 1. The summed E-state index contributed by atoms with van der Waals surface area (Å²) in [6.07, 6.45) is 3.06. The molecule has 1 aromatic rings. The molecule has 2 N–H and O–H groups in total. The van der Waals surface area contributed by atoms with Crippen LogP contribution in [0.3, 0.4) is 0 Å². The molecule has 0 aliphatic heterocycles. The van der Waals surface area contributed by atoms with Gasteiger partial charge in [0.15, 0.2) is 0 Å². The number of benzene rings is 1. The molecule has 3 nitrogen and oxygen atoms in total. The van der Waals surface area contributed by atoms with Crippen molar-refractivity contribution in [3.63, 3.8) is 0 Å². The van der Waals surface area contributed by atoms with E-state index >= 15 is 0 Å². The van der Waals surface area contributed by atoms with Gasteiger partial charge in [0.25, 0.3) is 0 Å². The van der Waals surface area contributed by atoms with Crippen LogP contribution in [-0.4, -0.2) is 25.5 Å². The number of likely N-dealkylation sites (N-methyl/N-ethyl adjacent to an activating group) is 1.